The van der Waals surface area contributed by atoms with Gasteiger partial charge in [-0.25, -0.2) is 0 Å². The van der Waals surface area contributed by atoms with Gasteiger partial charge in [-0.2, -0.15) is 0 Å². The van der Waals surface area contributed by atoms with Crippen molar-refractivity contribution in [2.45, 2.75) is 51.2 Å². The predicted octanol–water partition coefficient (Wildman–Crippen LogP) is 0.783. The third kappa shape index (κ3) is 6.88. The summed E-state index contributed by atoms with van der Waals surface area (Å²) in [5.74, 6) is -0.772. The summed E-state index contributed by atoms with van der Waals surface area (Å²) < 4.78 is 10.8. The summed E-state index contributed by atoms with van der Waals surface area (Å²) in [6.45, 7) is 9.46. The molecule has 1 aromatic rings. The number of amides is 2. The van der Waals surface area contributed by atoms with E-state index in [1.165, 1.54) is 18.1 Å². The Morgan fingerprint density at radius 1 is 1.30 bits per heavy atom. The lowest BCUT2D eigenvalue weighted by atomic mass is 9.94. The number of fused-ring (bicyclic) bond motifs is 1. The quantitative estimate of drug-likeness (QED) is 0.399. The average molecular weight is 463 g/mol. The summed E-state index contributed by atoms with van der Waals surface area (Å²) in [6, 6.07) is 5.91. The van der Waals surface area contributed by atoms with Gasteiger partial charge in [-0.15, -0.1) is 6.58 Å². The molecular formula is C24H34N2O7. The number of allylic oxidation sites excluding steroid dienone is 1. The third-order valence-corrected chi connectivity index (χ3v) is 5.07. The van der Waals surface area contributed by atoms with Crippen LogP contribution in [0.4, 0.5) is 5.69 Å². The first kappa shape index (κ1) is 26.5. The number of rotatable bonds is 9. The number of methoxy groups -OCH3 is 1. The highest BCUT2D eigenvalue weighted by atomic mass is 16.5. The molecule has 2 rings (SSSR count). The van der Waals surface area contributed by atoms with E-state index in [1.807, 2.05) is 20.8 Å². The molecule has 0 fully saturated rings. The van der Waals surface area contributed by atoms with Gasteiger partial charge in [0.2, 0.25) is 0 Å². The molecule has 182 valence electrons. The van der Waals surface area contributed by atoms with Crippen LogP contribution in [0.3, 0.4) is 0 Å². The second-order valence-corrected chi connectivity index (χ2v) is 8.93. The molecule has 0 radical (unpaired) electrons. The summed E-state index contributed by atoms with van der Waals surface area (Å²) in [5.41, 5.74) is 0.296. The van der Waals surface area contributed by atoms with E-state index in [0.29, 0.717) is 11.4 Å². The Bertz CT molecular complexity index is 865. The Balaban J connectivity index is 2.15. The highest BCUT2D eigenvalue weighted by Gasteiger charge is 2.38. The van der Waals surface area contributed by atoms with Gasteiger partial charge < -0.3 is 35.0 Å². The number of carbonyl (C=O) groups is 2. The number of benzene rings is 1. The molecule has 0 saturated carbocycles. The molecule has 9 nitrogen and oxygen atoms in total. The van der Waals surface area contributed by atoms with Gasteiger partial charge in [-0.3, -0.25) is 9.59 Å². The van der Waals surface area contributed by atoms with Gasteiger partial charge in [0.15, 0.2) is 6.10 Å². The molecule has 0 saturated heterocycles. The van der Waals surface area contributed by atoms with Crippen LogP contribution >= 0.6 is 0 Å². The number of anilines is 1. The van der Waals surface area contributed by atoms with Gasteiger partial charge in [0.05, 0.1) is 5.69 Å². The van der Waals surface area contributed by atoms with Crippen LogP contribution in [0.25, 0.3) is 0 Å². The van der Waals surface area contributed by atoms with Gasteiger partial charge in [0.25, 0.3) is 11.8 Å². The van der Waals surface area contributed by atoms with Crippen molar-refractivity contribution >= 4 is 17.5 Å². The molecular weight excluding hydrogens is 428 g/mol. The molecule has 5 atom stereocenters. The van der Waals surface area contributed by atoms with Crippen LogP contribution in [-0.4, -0.2) is 77.9 Å². The van der Waals surface area contributed by atoms with E-state index < -0.39 is 42.3 Å². The van der Waals surface area contributed by atoms with E-state index in [-0.39, 0.29) is 18.6 Å². The molecule has 9 heteroatoms. The van der Waals surface area contributed by atoms with Crippen molar-refractivity contribution in [1.82, 2.24) is 5.32 Å². The van der Waals surface area contributed by atoms with E-state index in [4.69, 9.17) is 9.47 Å². The lowest BCUT2D eigenvalue weighted by molar-refractivity contribution is -0.150. The second-order valence-electron chi connectivity index (χ2n) is 8.93. The van der Waals surface area contributed by atoms with Crippen molar-refractivity contribution < 1.29 is 34.4 Å². The van der Waals surface area contributed by atoms with Crippen LogP contribution in [-0.2, 0) is 14.3 Å². The molecule has 1 aliphatic heterocycles. The van der Waals surface area contributed by atoms with Crippen LogP contribution in [0.1, 0.15) is 20.8 Å². The molecule has 1 heterocycles. The van der Waals surface area contributed by atoms with E-state index in [1.54, 1.807) is 36.4 Å². The molecule has 0 aliphatic carbocycles. The number of nitrogens with zero attached hydrogens (tertiary/aromatic N) is 1. The van der Waals surface area contributed by atoms with Gasteiger partial charge in [0, 0.05) is 13.7 Å². The van der Waals surface area contributed by atoms with Gasteiger partial charge in [0.1, 0.15) is 36.7 Å². The fourth-order valence-electron chi connectivity index (χ4n) is 3.31. The van der Waals surface area contributed by atoms with Crippen molar-refractivity contribution in [2.75, 3.05) is 25.2 Å². The maximum absolute atomic E-state index is 13.1. The van der Waals surface area contributed by atoms with Crippen LogP contribution in [0.5, 0.6) is 5.75 Å². The fourth-order valence-corrected chi connectivity index (χ4v) is 3.31. The molecule has 0 aromatic heterocycles. The Labute approximate surface area is 194 Å². The lowest BCUT2D eigenvalue weighted by Gasteiger charge is -2.29. The SMILES string of the molecule is C=CCN1C(=O)[C@@H](NC(=O)[C@H](OC)[C@H](O)[C@@H](O)[C@H](O)/C=C/C(C)(C)C)COc2ccccc21. The van der Waals surface area contributed by atoms with E-state index >= 15 is 0 Å². The van der Waals surface area contributed by atoms with Crippen LogP contribution < -0.4 is 15.0 Å². The number of para-hydroxylation sites is 2. The van der Waals surface area contributed by atoms with Gasteiger partial charge in [-0.05, 0) is 17.5 Å². The van der Waals surface area contributed by atoms with Gasteiger partial charge >= 0.3 is 0 Å². The largest absolute Gasteiger partial charge is 0.489 e. The lowest BCUT2D eigenvalue weighted by Crippen LogP contribution is -2.57. The Kier molecular flexibility index (Phi) is 9.18. The molecule has 0 bridgehead atoms. The predicted molar refractivity (Wildman–Crippen MR) is 124 cm³/mol. The molecule has 0 spiro atoms. The Hall–Kier alpha value is -2.72. The first-order chi connectivity index (χ1) is 15.5. The number of hydrogen-bond donors (Lipinski definition) is 4. The zero-order valence-corrected chi connectivity index (χ0v) is 19.5. The smallest absolute Gasteiger partial charge is 0.253 e. The molecule has 0 unspecified atom stereocenters. The fraction of sp³-hybridized carbons (Fsp3) is 0.500. The zero-order chi connectivity index (χ0) is 24.8. The molecule has 4 N–H and O–H groups in total. The minimum Gasteiger partial charge on any atom is -0.489 e. The molecule has 1 aliphatic rings. The van der Waals surface area contributed by atoms with Crippen LogP contribution in [0.2, 0.25) is 0 Å². The minimum absolute atomic E-state index is 0.138. The highest BCUT2D eigenvalue weighted by Crippen LogP contribution is 2.31. The summed E-state index contributed by atoms with van der Waals surface area (Å²) in [6.07, 6.45) is -1.81. The minimum atomic E-state index is -1.75. The molecule has 1 aromatic carbocycles. The van der Waals surface area contributed by atoms with Crippen molar-refractivity contribution in [3.05, 3.63) is 49.1 Å². The van der Waals surface area contributed by atoms with E-state index in [2.05, 4.69) is 11.9 Å². The third-order valence-electron chi connectivity index (χ3n) is 5.07. The standard InChI is InChI=1S/C24H34N2O7/c1-6-13-26-16-9-7-8-10-18(16)33-14-15(23(26)31)25-22(30)21(32-5)20(29)19(28)17(27)11-12-24(2,3)4/h6-12,15,17,19-21,27-29H,1,13-14H2,2-5H3,(H,25,30)/b12-11+/t15-,17+,19-,20+,21+/m0/s1. The summed E-state index contributed by atoms with van der Waals surface area (Å²) in [7, 11) is 1.18. The highest BCUT2D eigenvalue weighted by molar-refractivity contribution is 6.01. The molecule has 2 amide bonds. The topological polar surface area (TPSA) is 129 Å². The Morgan fingerprint density at radius 3 is 2.58 bits per heavy atom. The Morgan fingerprint density at radius 2 is 1.97 bits per heavy atom. The maximum Gasteiger partial charge on any atom is 0.253 e. The summed E-state index contributed by atoms with van der Waals surface area (Å²) >= 11 is 0. The van der Waals surface area contributed by atoms with Gasteiger partial charge in [-0.1, -0.05) is 51.1 Å². The second kappa shape index (κ2) is 11.4. The molecule has 33 heavy (non-hydrogen) atoms. The zero-order valence-electron chi connectivity index (χ0n) is 19.5. The number of ether oxygens (including phenoxy) is 2. The number of aliphatic hydroxyl groups excluding tert-OH is 3. The maximum atomic E-state index is 13.1. The van der Waals surface area contributed by atoms with Crippen molar-refractivity contribution in [1.29, 1.82) is 0 Å². The number of aliphatic hydroxyl groups is 3. The van der Waals surface area contributed by atoms with E-state index in [0.717, 1.165) is 0 Å². The first-order valence-corrected chi connectivity index (χ1v) is 10.7. The van der Waals surface area contributed by atoms with E-state index in [9.17, 15) is 24.9 Å². The summed E-state index contributed by atoms with van der Waals surface area (Å²) in [5, 5.41) is 33.6. The van der Waals surface area contributed by atoms with Crippen LogP contribution in [0, 0.1) is 5.41 Å². The average Bonchev–Trinajstić information content (AvgIpc) is 2.89. The number of nitrogens with one attached hydrogen (secondary N) is 1. The normalized spacial score (nSPS) is 20.3. The number of carbonyl (C=O) groups excluding carboxylic acids is 2. The first-order valence-electron chi connectivity index (χ1n) is 10.7. The van der Waals surface area contributed by atoms with Crippen LogP contribution in [0.15, 0.2) is 49.1 Å². The van der Waals surface area contributed by atoms with Crippen molar-refractivity contribution in [3.8, 4) is 5.75 Å². The van der Waals surface area contributed by atoms with Crippen molar-refractivity contribution in [3.63, 3.8) is 0 Å². The summed E-state index contributed by atoms with van der Waals surface area (Å²) in [4.78, 5) is 27.4. The van der Waals surface area contributed by atoms with Crippen molar-refractivity contribution in [2.24, 2.45) is 5.41 Å². The number of hydrogen-bond acceptors (Lipinski definition) is 7. The monoisotopic (exact) mass is 462 g/mol.